The van der Waals surface area contributed by atoms with Crippen LogP contribution in [0.5, 0.6) is 0 Å². The number of carbonyl (C=O) groups excluding carboxylic acids is 1. The number of hydrogen-bond donors (Lipinski definition) is 2. The Balaban J connectivity index is 0.00000208. The molecule has 1 amide bonds. The largest absolute Gasteiger partial charge is 0.344 e. The summed E-state index contributed by atoms with van der Waals surface area (Å²) in [6.07, 6.45) is 5.62. The van der Waals surface area contributed by atoms with Crippen LogP contribution in [0.4, 0.5) is 4.39 Å². The molecule has 1 aromatic heterocycles. The van der Waals surface area contributed by atoms with Crippen LogP contribution in [0.15, 0.2) is 34.9 Å². The van der Waals surface area contributed by atoms with Gasteiger partial charge in [-0.3, -0.25) is 4.79 Å². The molecule has 0 spiro atoms. The Morgan fingerprint density at radius 3 is 2.54 bits per heavy atom. The Bertz CT molecular complexity index is 713. The average Bonchev–Trinajstić information content (AvgIpc) is 3.15. The van der Waals surface area contributed by atoms with E-state index in [1.807, 2.05) is 0 Å². The number of carbonyl (C=O) groups is 1. The van der Waals surface area contributed by atoms with E-state index in [-0.39, 0.29) is 29.7 Å². The number of amides is 1. The lowest BCUT2D eigenvalue weighted by Gasteiger charge is -2.28. The van der Waals surface area contributed by atoms with Gasteiger partial charge in [0.2, 0.25) is 0 Å². The highest BCUT2D eigenvalue weighted by Crippen LogP contribution is 2.29. The summed E-state index contributed by atoms with van der Waals surface area (Å²) in [5, 5.41) is 7.35. The first kappa shape index (κ1) is 18.9. The summed E-state index contributed by atoms with van der Waals surface area (Å²) in [5.74, 6) is -0.561. The molecule has 1 aliphatic rings. The molecule has 0 aliphatic heterocycles. The van der Waals surface area contributed by atoms with Crippen molar-refractivity contribution in [1.29, 1.82) is 0 Å². The molecule has 0 atom stereocenters. The third-order valence-corrected chi connectivity index (χ3v) is 4.89. The summed E-state index contributed by atoms with van der Waals surface area (Å²) >= 11 is 3.37. The van der Waals surface area contributed by atoms with Crippen molar-refractivity contribution in [2.75, 3.05) is 6.54 Å². The minimum absolute atomic E-state index is 0. The predicted octanol–water partition coefficient (Wildman–Crippen LogP) is 3.20. The second kappa shape index (κ2) is 7.63. The molecule has 2 aromatic rings. The van der Waals surface area contributed by atoms with Crippen molar-refractivity contribution in [2.24, 2.45) is 5.73 Å². The highest BCUT2D eigenvalue weighted by Gasteiger charge is 2.35. The Hall–Kier alpha value is -1.44. The summed E-state index contributed by atoms with van der Waals surface area (Å²) in [6.45, 7) is 0.426. The number of rotatable bonds is 4. The van der Waals surface area contributed by atoms with Crippen LogP contribution >= 0.6 is 28.3 Å². The van der Waals surface area contributed by atoms with Gasteiger partial charge in [0.1, 0.15) is 5.82 Å². The number of nitrogens with one attached hydrogen (secondary N) is 1. The van der Waals surface area contributed by atoms with Crippen molar-refractivity contribution < 1.29 is 9.18 Å². The lowest BCUT2D eigenvalue weighted by atomic mass is 9.97. The van der Waals surface area contributed by atoms with Gasteiger partial charge in [-0.1, -0.05) is 12.8 Å². The third-order valence-electron chi connectivity index (χ3n) is 4.31. The Labute approximate surface area is 154 Å². The lowest BCUT2D eigenvalue weighted by Crippen LogP contribution is -2.51. The van der Waals surface area contributed by atoms with Gasteiger partial charge in [0.15, 0.2) is 5.69 Å². The smallest absolute Gasteiger partial charge is 0.273 e. The van der Waals surface area contributed by atoms with Crippen molar-refractivity contribution >= 4 is 34.2 Å². The topological polar surface area (TPSA) is 72.9 Å². The van der Waals surface area contributed by atoms with Crippen LogP contribution in [0.2, 0.25) is 0 Å². The fourth-order valence-corrected chi connectivity index (χ4v) is 3.42. The fraction of sp³-hybridized carbons (Fsp3) is 0.375. The highest BCUT2D eigenvalue weighted by atomic mass is 79.9. The van der Waals surface area contributed by atoms with E-state index in [0.29, 0.717) is 22.4 Å². The summed E-state index contributed by atoms with van der Waals surface area (Å²) in [4.78, 5) is 12.6. The molecular weight excluding hydrogens is 399 g/mol. The molecule has 130 valence electrons. The Kier molecular flexibility index (Phi) is 6.01. The lowest BCUT2D eigenvalue weighted by molar-refractivity contribution is 0.0896. The molecule has 24 heavy (non-hydrogen) atoms. The van der Waals surface area contributed by atoms with Gasteiger partial charge in [-0.2, -0.15) is 5.10 Å². The molecule has 5 nitrogen and oxygen atoms in total. The molecule has 3 rings (SSSR count). The molecule has 0 saturated heterocycles. The van der Waals surface area contributed by atoms with Gasteiger partial charge in [0, 0.05) is 12.7 Å². The fourth-order valence-electron chi connectivity index (χ4n) is 2.96. The van der Waals surface area contributed by atoms with Crippen molar-refractivity contribution in [3.05, 3.63) is 46.4 Å². The standard InChI is InChI=1S/C16H18BrFN4O.ClH/c17-13-9-22(12-5-3-11(18)4-6-12)21-14(13)15(23)20-16(10-19)7-1-2-8-16;/h3-6,9H,1-2,7-8,10,19H2,(H,20,23);1H. The first-order valence-electron chi connectivity index (χ1n) is 7.57. The second-order valence-corrected chi connectivity index (χ2v) is 6.75. The SMILES string of the molecule is Cl.NCC1(NC(=O)c2nn(-c3ccc(F)cc3)cc2Br)CCCC1. The number of hydrogen-bond acceptors (Lipinski definition) is 3. The van der Waals surface area contributed by atoms with Gasteiger partial charge in [0.05, 0.1) is 15.7 Å². The summed E-state index contributed by atoms with van der Waals surface area (Å²) in [5.41, 5.74) is 6.51. The van der Waals surface area contributed by atoms with E-state index in [2.05, 4.69) is 26.3 Å². The number of halogens is 3. The molecule has 0 radical (unpaired) electrons. The number of benzene rings is 1. The zero-order chi connectivity index (χ0) is 16.4. The molecule has 0 bridgehead atoms. The van der Waals surface area contributed by atoms with Crippen molar-refractivity contribution in [2.45, 2.75) is 31.2 Å². The predicted molar refractivity (Wildman–Crippen MR) is 96.2 cm³/mol. The zero-order valence-electron chi connectivity index (χ0n) is 13.0. The van der Waals surface area contributed by atoms with Crippen molar-refractivity contribution in [3.63, 3.8) is 0 Å². The Morgan fingerprint density at radius 1 is 1.33 bits per heavy atom. The molecule has 3 N–H and O–H groups in total. The van der Waals surface area contributed by atoms with Crippen LogP contribution in [0.1, 0.15) is 36.2 Å². The van der Waals surface area contributed by atoms with Crippen molar-refractivity contribution in [1.82, 2.24) is 15.1 Å². The number of nitrogens with two attached hydrogens (primary N) is 1. The van der Waals surface area contributed by atoms with Crippen molar-refractivity contribution in [3.8, 4) is 5.69 Å². The maximum absolute atomic E-state index is 13.0. The Morgan fingerprint density at radius 2 is 1.96 bits per heavy atom. The molecule has 1 aliphatic carbocycles. The van der Waals surface area contributed by atoms with Crippen LogP contribution in [0.25, 0.3) is 5.69 Å². The van der Waals surface area contributed by atoms with E-state index < -0.39 is 0 Å². The van der Waals surface area contributed by atoms with E-state index in [1.54, 1.807) is 23.0 Å². The normalized spacial score (nSPS) is 15.8. The van der Waals surface area contributed by atoms with Gasteiger partial charge in [0.25, 0.3) is 5.91 Å². The maximum Gasteiger partial charge on any atom is 0.273 e. The monoisotopic (exact) mass is 416 g/mol. The number of aromatic nitrogens is 2. The maximum atomic E-state index is 13.0. The molecule has 8 heteroatoms. The minimum Gasteiger partial charge on any atom is -0.344 e. The number of nitrogens with zero attached hydrogens (tertiary/aromatic N) is 2. The van der Waals surface area contributed by atoms with E-state index in [1.165, 1.54) is 12.1 Å². The van der Waals surface area contributed by atoms with E-state index >= 15 is 0 Å². The minimum atomic E-state index is -0.323. The third kappa shape index (κ3) is 3.79. The van der Waals surface area contributed by atoms with Gasteiger partial charge in [-0.25, -0.2) is 9.07 Å². The highest BCUT2D eigenvalue weighted by molar-refractivity contribution is 9.10. The van der Waals surface area contributed by atoms with Gasteiger partial charge in [-0.05, 0) is 53.0 Å². The molecule has 1 aromatic carbocycles. The molecule has 1 fully saturated rings. The van der Waals surface area contributed by atoms with Gasteiger partial charge >= 0.3 is 0 Å². The first-order chi connectivity index (χ1) is 11.0. The van der Waals surface area contributed by atoms with Crippen LogP contribution in [0, 0.1) is 5.82 Å². The average molecular weight is 418 g/mol. The molecule has 1 heterocycles. The zero-order valence-corrected chi connectivity index (χ0v) is 15.4. The summed E-state index contributed by atoms with van der Waals surface area (Å²) < 4.78 is 15.1. The quantitative estimate of drug-likeness (QED) is 0.802. The molecule has 0 unspecified atom stereocenters. The molecular formula is C16H19BrClFN4O. The molecule has 1 saturated carbocycles. The van der Waals surface area contributed by atoms with E-state index in [9.17, 15) is 9.18 Å². The van der Waals surface area contributed by atoms with Crippen LogP contribution in [0.3, 0.4) is 0 Å². The van der Waals surface area contributed by atoms with Gasteiger partial charge in [-0.15, -0.1) is 12.4 Å². The van der Waals surface area contributed by atoms with E-state index in [4.69, 9.17) is 5.73 Å². The van der Waals surface area contributed by atoms with Gasteiger partial charge < -0.3 is 11.1 Å². The summed E-state index contributed by atoms with van der Waals surface area (Å²) in [6, 6.07) is 5.92. The second-order valence-electron chi connectivity index (χ2n) is 5.89. The van der Waals surface area contributed by atoms with Crippen LogP contribution in [-0.4, -0.2) is 27.8 Å². The van der Waals surface area contributed by atoms with Crippen LogP contribution in [-0.2, 0) is 0 Å². The summed E-state index contributed by atoms with van der Waals surface area (Å²) in [7, 11) is 0. The first-order valence-corrected chi connectivity index (χ1v) is 8.36. The van der Waals surface area contributed by atoms with E-state index in [0.717, 1.165) is 25.7 Å². The van der Waals surface area contributed by atoms with Crippen LogP contribution < -0.4 is 11.1 Å².